The number of aryl methyl sites for hydroxylation is 1. The number of pyridine rings is 1. The molecule has 0 radical (unpaired) electrons. The molecule has 0 unspecified atom stereocenters. The van der Waals surface area contributed by atoms with Crippen molar-refractivity contribution in [1.29, 1.82) is 0 Å². The van der Waals surface area contributed by atoms with Crippen molar-refractivity contribution in [2.24, 2.45) is 7.05 Å². The van der Waals surface area contributed by atoms with E-state index in [4.69, 9.17) is 0 Å². The van der Waals surface area contributed by atoms with Gasteiger partial charge in [0.15, 0.2) is 0 Å². The number of hydrogen-bond donors (Lipinski definition) is 0. The lowest BCUT2D eigenvalue weighted by atomic mass is 9.95. The van der Waals surface area contributed by atoms with E-state index in [0.717, 1.165) is 24.2 Å². The highest BCUT2D eigenvalue weighted by molar-refractivity contribution is 5.60. The maximum Gasteiger partial charge on any atom is 0.114 e. The molecular weight excluding hydrogens is 198 g/mol. The van der Waals surface area contributed by atoms with Crippen LogP contribution < -0.4 is 0 Å². The van der Waals surface area contributed by atoms with Crippen LogP contribution in [0.25, 0.3) is 11.4 Å². The van der Waals surface area contributed by atoms with E-state index >= 15 is 0 Å². The molecule has 1 aliphatic carbocycles. The van der Waals surface area contributed by atoms with Crippen LogP contribution in [-0.4, -0.2) is 14.8 Å². The summed E-state index contributed by atoms with van der Waals surface area (Å²) in [6.07, 6.45) is 6.70. The van der Waals surface area contributed by atoms with Crippen molar-refractivity contribution in [1.82, 2.24) is 14.8 Å². The summed E-state index contributed by atoms with van der Waals surface area (Å²) in [7, 11) is 2.04. The molecule has 16 heavy (non-hydrogen) atoms. The van der Waals surface area contributed by atoms with Gasteiger partial charge in [-0.25, -0.2) is 0 Å². The van der Waals surface area contributed by atoms with Crippen LogP contribution in [0.3, 0.4) is 0 Å². The number of aromatic nitrogens is 3. The van der Waals surface area contributed by atoms with Crippen molar-refractivity contribution in [3.05, 3.63) is 35.7 Å². The van der Waals surface area contributed by atoms with Gasteiger partial charge in [0.25, 0.3) is 0 Å². The first kappa shape index (κ1) is 9.58. The quantitative estimate of drug-likeness (QED) is 0.728. The predicted molar refractivity (Wildman–Crippen MR) is 63.1 cm³/mol. The molecule has 0 bridgehead atoms. The van der Waals surface area contributed by atoms with Gasteiger partial charge in [0.1, 0.15) is 5.69 Å². The second-order valence-electron chi connectivity index (χ2n) is 4.32. The van der Waals surface area contributed by atoms with Gasteiger partial charge in [0.05, 0.1) is 5.69 Å². The summed E-state index contributed by atoms with van der Waals surface area (Å²) in [5.41, 5.74) is 4.89. The van der Waals surface area contributed by atoms with Crippen molar-refractivity contribution in [3.8, 4) is 11.4 Å². The van der Waals surface area contributed by atoms with Crippen LogP contribution in [-0.2, 0) is 19.9 Å². The minimum Gasteiger partial charge on any atom is -0.272 e. The average molecular weight is 213 g/mol. The lowest BCUT2D eigenvalue weighted by molar-refractivity contribution is 0.626. The molecule has 0 fully saturated rings. The number of fused-ring (bicyclic) bond motifs is 1. The monoisotopic (exact) mass is 213 g/mol. The molecule has 0 saturated carbocycles. The highest BCUT2D eigenvalue weighted by atomic mass is 15.3. The molecular formula is C13H15N3. The van der Waals surface area contributed by atoms with E-state index in [2.05, 4.69) is 10.1 Å². The molecule has 0 atom stereocenters. The molecule has 82 valence electrons. The highest BCUT2D eigenvalue weighted by Crippen LogP contribution is 2.29. The summed E-state index contributed by atoms with van der Waals surface area (Å²) in [6, 6.07) is 6.00. The summed E-state index contributed by atoms with van der Waals surface area (Å²) in [6.45, 7) is 0. The first-order valence-electron chi connectivity index (χ1n) is 5.82. The molecule has 1 aliphatic rings. The van der Waals surface area contributed by atoms with Gasteiger partial charge < -0.3 is 0 Å². The standard InChI is InChI=1S/C13H15N3/c1-16-12-8-3-2-6-10(12)13(15-16)11-7-4-5-9-14-11/h4-5,7,9H,2-3,6,8H2,1H3. The van der Waals surface area contributed by atoms with Crippen LogP contribution in [0, 0.1) is 0 Å². The minimum atomic E-state index is 1.00. The smallest absolute Gasteiger partial charge is 0.114 e. The Bertz CT molecular complexity index is 499. The summed E-state index contributed by atoms with van der Waals surface area (Å²) in [4.78, 5) is 4.39. The van der Waals surface area contributed by atoms with Crippen LogP contribution >= 0.6 is 0 Å². The third-order valence-corrected chi connectivity index (χ3v) is 3.27. The van der Waals surface area contributed by atoms with Gasteiger partial charge in [0.2, 0.25) is 0 Å². The second kappa shape index (κ2) is 3.74. The molecule has 2 aromatic heterocycles. The van der Waals surface area contributed by atoms with E-state index in [-0.39, 0.29) is 0 Å². The van der Waals surface area contributed by atoms with Gasteiger partial charge in [-0.05, 0) is 37.8 Å². The first-order chi connectivity index (χ1) is 7.86. The first-order valence-corrected chi connectivity index (χ1v) is 5.82. The zero-order chi connectivity index (χ0) is 11.0. The average Bonchev–Trinajstić information content (AvgIpc) is 2.69. The van der Waals surface area contributed by atoms with Gasteiger partial charge in [-0.15, -0.1) is 0 Å². The Labute approximate surface area is 95.1 Å². The van der Waals surface area contributed by atoms with Crippen LogP contribution in [0.5, 0.6) is 0 Å². The Morgan fingerprint density at radius 1 is 1.19 bits per heavy atom. The van der Waals surface area contributed by atoms with E-state index in [9.17, 15) is 0 Å². The van der Waals surface area contributed by atoms with Gasteiger partial charge in [-0.1, -0.05) is 6.07 Å². The zero-order valence-corrected chi connectivity index (χ0v) is 9.48. The molecule has 0 spiro atoms. The molecule has 0 aliphatic heterocycles. The Hall–Kier alpha value is -1.64. The molecule has 2 aromatic rings. The lowest BCUT2D eigenvalue weighted by Crippen LogP contribution is -2.05. The van der Waals surface area contributed by atoms with Crippen LogP contribution in [0.4, 0.5) is 0 Å². The summed E-state index contributed by atoms with van der Waals surface area (Å²) >= 11 is 0. The van der Waals surface area contributed by atoms with Crippen LogP contribution in [0.1, 0.15) is 24.1 Å². The fraction of sp³-hybridized carbons (Fsp3) is 0.385. The number of nitrogens with zero attached hydrogens (tertiary/aromatic N) is 3. The topological polar surface area (TPSA) is 30.7 Å². The van der Waals surface area contributed by atoms with Gasteiger partial charge in [-0.3, -0.25) is 9.67 Å². The lowest BCUT2D eigenvalue weighted by Gasteiger charge is -2.12. The molecule has 0 saturated heterocycles. The molecule has 3 heteroatoms. The molecule has 0 N–H and O–H groups in total. The Kier molecular flexibility index (Phi) is 2.24. The largest absolute Gasteiger partial charge is 0.272 e. The number of hydrogen-bond acceptors (Lipinski definition) is 2. The fourth-order valence-electron chi connectivity index (χ4n) is 2.48. The Morgan fingerprint density at radius 3 is 2.88 bits per heavy atom. The van der Waals surface area contributed by atoms with Gasteiger partial charge in [0, 0.05) is 24.5 Å². The third-order valence-electron chi connectivity index (χ3n) is 3.27. The van der Waals surface area contributed by atoms with Crippen molar-refractivity contribution in [3.63, 3.8) is 0 Å². The maximum atomic E-state index is 4.62. The maximum absolute atomic E-state index is 4.62. The van der Waals surface area contributed by atoms with Crippen molar-refractivity contribution in [2.45, 2.75) is 25.7 Å². The SMILES string of the molecule is Cn1nc(-c2ccccn2)c2c1CCCC2. The predicted octanol–water partition coefficient (Wildman–Crippen LogP) is 2.36. The molecule has 3 rings (SSSR count). The van der Waals surface area contributed by atoms with Crippen molar-refractivity contribution in [2.75, 3.05) is 0 Å². The van der Waals surface area contributed by atoms with Gasteiger partial charge in [-0.2, -0.15) is 5.10 Å². The van der Waals surface area contributed by atoms with E-state index in [1.165, 1.54) is 24.1 Å². The minimum absolute atomic E-state index is 1.00. The summed E-state index contributed by atoms with van der Waals surface area (Å²) in [5, 5.41) is 4.62. The molecule has 0 aromatic carbocycles. The van der Waals surface area contributed by atoms with Crippen LogP contribution in [0.2, 0.25) is 0 Å². The van der Waals surface area contributed by atoms with E-state index in [1.54, 1.807) is 0 Å². The highest BCUT2D eigenvalue weighted by Gasteiger charge is 2.20. The van der Waals surface area contributed by atoms with E-state index < -0.39 is 0 Å². The molecule has 2 heterocycles. The van der Waals surface area contributed by atoms with E-state index in [0.29, 0.717) is 0 Å². The Morgan fingerprint density at radius 2 is 2.06 bits per heavy atom. The number of rotatable bonds is 1. The summed E-state index contributed by atoms with van der Waals surface area (Å²) in [5.74, 6) is 0. The fourth-order valence-corrected chi connectivity index (χ4v) is 2.48. The van der Waals surface area contributed by atoms with Gasteiger partial charge >= 0.3 is 0 Å². The normalized spacial score (nSPS) is 14.8. The summed E-state index contributed by atoms with van der Waals surface area (Å²) < 4.78 is 2.03. The van der Waals surface area contributed by atoms with Crippen molar-refractivity contribution < 1.29 is 0 Å². The molecule has 3 nitrogen and oxygen atoms in total. The van der Waals surface area contributed by atoms with E-state index in [1.807, 2.05) is 36.1 Å². The third kappa shape index (κ3) is 1.43. The van der Waals surface area contributed by atoms with Crippen LogP contribution in [0.15, 0.2) is 24.4 Å². The Balaban J connectivity index is 2.15. The second-order valence-corrected chi connectivity index (χ2v) is 4.32. The molecule has 0 amide bonds. The zero-order valence-electron chi connectivity index (χ0n) is 9.48. The van der Waals surface area contributed by atoms with Crippen molar-refractivity contribution >= 4 is 0 Å².